The van der Waals surface area contributed by atoms with Crippen molar-refractivity contribution < 1.29 is 4.74 Å². The average Bonchev–Trinajstić information content (AvgIpc) is 2.68. The van der Waals surface area contributed by atoms with Crippen molar-refractivity contribution in [2.24, 2.45) is 7.05 Å². The minimum atomic E-state index is 0.668. The Balaban J connectivity index is 2.19. The minimum Gasteiger partial charge on any atom is -0.494 e. The number of anilines is 3. The maximum Gasteiger partial charge on any atom is 0.152 e. The van der Waals surface area contributed by atoms with E-state index < -0.39 is 0 Å². The van der Waals surface area contributed by atoms with Crippen molar-refractivity contribution in [3.8, 4) is 5.75 Å². The van der Waals surface area contributed by atoms with E-state index in [1.807, 2.05) is 45.2 Å². The van der Waals surface area contributed by atoms with Gasteiger partial charge in [0.05, 0.1) is 18.0 Å². The average molecular weight is 260 g/mol. The molecular weight excluding hydrogens is 240 g/mol. The summed E-state index contributed by atoms with van der Waals surface area (Å²) in [6, 6.07) is 7.78. The highest BCUT2D eigenvalue weighted by atomic mass is 16.5. The van der Waals surface area contributed by atoms with Crippen molar-refractivity contribution in [3.63, 3.8) is 0 Å². The molecule has 0 amide bonds. The van der Waals surface area contributed by atoms with Gasteiger partial charge in [0.2, 0.25) is 0 Å². The molecular formula is C14H20N4O. The molecule has 5 heteroatoms. The number of hydrogen-bond acceptors (Lipinski definition) is 4. The van der Waals surface area contributed by atoms with E-state index in [9.17, 15) is 0 Å². The Hall–Kier alpha value is -2.17. The van der Waals surface area contributed by atoms with Crippen LogP contribution in [0.15, 0.2) is 24.3 Å². The van der Waals surface area contributed by atoms with E-state index in [4.69, 9.17) is 10.5 Å². The van der Waals surface area contributed by atoms with Gasteiger partial charge in [0.25, 0.3) is 0 Å². The number of nitrogens with zero attached hydrogens (tertiary/aromatic N) is 2. The summed E-state index contributed by atoms with van der Waals surface area (Å²) in [4.78, 5) is 0. The number of nitrogen functional groups attached to an aromatic ring is 1. The van der Waals surface area contributed by atoms with Crippen molar-refractivity contribution in [2.75, 3.05) is 17.7 Å². The lowest BCUT2D eigenvalue weighted by atomic mass is 10.2. The van der Waals surface area contributed by atoms with Crippen LogP contribution in [0.1, 0.15) is 19.5 Å². The maximum absolute atomic E-state index is 6.07. The highest BCUT2D eigenvalue weighted by Gasteiger charge is 2.11. The predicted molar refractivity (Wildman–Crippen MR) is 77.9 cm³/mol. The SMILES string of the molecule is CCOc1ccc(Nc2c(N)c(CC)nn2C)cc1. The zero-order chi connectivity index (χ0) is 13.8. The van der Waals surface area contributed by atoms with Crippen molar-refractivity contribution in [1.29, 1.82) is 0 Å². The molecule has 1 aromatic carbocycles. The number of hydrogen-bond donors (Lipinski definition) is 2. The van der Waals surface area contributed by atoms with Gasteiger partial charge < -0.3 is 15.8 Å². The Morgan fingerprint density at radius 3 is 2.47 bits per heavy atom. The molecule has 3 N–H and O–H groups in total. The van der Waals surface area contributed by atoms with Gasteiger partial charge in [0, 0.05) is 12.7 Å². The molecule has 0 bridgehead atoms. The van der Waals surface area contributed by atoms with Crippen LogP contribution in [0.25, 0.3) is 0 Å². The molecule has 19 heavy (non-hydrogen) atoms. The van der Waals surface area contributed by atoms with Crippen LogP contribution in [0.2, 0.25) is 0 Å². The molecule has 1 heterocycles. The summed E-state index contributed by atoms with van der Waals surface area (Å²) in [5, 5.41) is 7.66. The van der Waals surface area contributed by atoms with Crippen molar-refractivity contribution in [3.05, 3.63) is 30.0 Å². The van der Waals surface area contributed by atoms with Crippen LogP contribution in [0, 0.1) is 0 Å². The number of nitrogens with two attached hydrogens (primary N) is 1. The van der Waals surface area contributed by atoms with Crippen LogP contribution >= 0.6 is 0 Å². The third-order valence-electron chi connectivity index (χ3n) is 2.92. The predicted octanol–water partition coefficient (Wildman–Crippen LogP) is 2.71. The van der Waals surface area contributed by atoms with E-state index in [0.29, 0.717) is 12.3 Å². The molecule has 0 radical (unpaired) electrons. The van der Waals surface area contributed by atoms with Crippen molar-refractivity contribution >= 4 is 17.2 Å². The number of benzene rings is 1. The minimum absolute atomic E-state index is 0.668. The first-order chi connectivity index (χ1) is 9.15. The largest absolute Gasteiger partial charge is 0.494 e. The van der Waals surface area contributed by atoms with Crippen molar-refractivity contribution in [2.45, 2.75) is 20.3 Å². The molecule has 0 saturated heterocycles. The van der Waals surface area contributed by atoms with Crippen LogP contribution < -0.4 is 15.8 Å². The van der Waals surface area contributed by atoms with Gasteiger partial charge in [-0.2, -0.15) is 5.10 Å². The molecule has 1 aromatic heterocycles. The van der Waals surface area contributed by atoms with Crippen LogP contribution in [0.5, 0.6) is 5.75 Å². The Morgan fingerprint density at radius 2 is 1.95 bits per heavy atom. The van der Waals surface area contributed by atoms with Crippen LogP contribution in [-0.4, -0.2) is 16.4 Å². The second-order valence-electron chi connectivity index (χ2n) is 4.27. The Bertz CT molecular complexity index is 545. The highest BCUT2D eigenvalue weighted by Crippen LogP contribution is 2.26. The first kappa shape index (κ1) is 13.3. The van der Waals surface area contributed by atoms with Gasteiger partial charge in [-0.05, 0) is 37.6 Å². The van der Waals surface area contributed by atoms with Gasteiger partial charge in [0.15, 0.2) is 5.82 Å². The fourth-order valence-electron chi connectivity index (χ4n) is 1.94. The lowest BCUT2D eigenvalue weighted by Gasteiger charge is -2.09. The fourth-order valence-corrected chi connectivity index (χ4v) is 1.94. The molecule has 2 aromatic rings. The molecule has 2 rings (SSSR count). The first-order valence-corrected chi connectivity index (χ1v) is 6.47. The topological polar surface area (TPSA) is 65.1 Å². The zero-order valence-corrected chi connectivity index (χ0v) is 11.6. The van der Waals surface area contributed by atoms with E-state index in [0.717, 1.165) is 29.4 Å². The second-order valence-corrected chi connectivity index (χ2v) is 4.27. The molecule has 0 unspecified atom stereocenters. The standard InChI is InChI=1S/C14H20N4O/c1-4-12-13(15)14(18(3)17-12)16-10-6-8-11(9-7-10)19-5-2/h6-9,16H,4-5,15H2,1-3H3. The summed E-state index contributed by atoms with van der Waals surface area (Å²) in [5.41, 5.74) is 8.65. The highest BCUT2D eigenvalue weighted by molar-refractivity contribution is 5.71. The van der Waals surface area contributed by atoms with Crippen LogP contribution in [0.4, 0.5) is 17.2 Å². The number of nitrogens with one attached hydrogen (secondary N) is 1. The maximum atomic E-state index is 6.07. The number of rotatable bonds is 5. The summed E-state index contributed by atoms with van der Waals surface area (Å²) < 4.78 is 7.18. The van der Waals surface area contributed by atoms with Gasteiger partial charge in [0.1, 0.15) is 5.75 Å². The molecule has 0 aliphatic heterocycles. The number of aryl methyl sites for hydroxylation is 2. The molecule has 0 aliphatic rings. The number of ether oxygens (including phenoxy) is 1. The van der Waals surface area contributed by atoms with Crippen molar-refractivity contribution in [1.82, 2.24) is 9.78 Å². The molecule has 0 spiro atoms. The molecule has 0 fully saturated rings. The smallest absolute Gasteiger partial charge is 0.152 e. The van der Waals surface area contributed by atoms with Crippen LogP contribution in [-0.2, 0) is 13.5 Å². The fraction of sp³-hybridized carbons (Fsp3) is 0.357. The van der Waals surface area contributed by atoms with Gasteiger partial charge >= 0.3 is 0 Å². The summed E-state index contributed by atoms with van der Waals surface area (Å²) in [7, 11) is 1.88. The normalized spacial score (nSPS) is 10.5. The summed E-state index contributed by atoms with van der Waals surface area (Å²) in [5.74, 6) is 1.68. The van der Waals surface area contributed by atoms with E-state index in [1.165, 1.54) is 0 Å². The third-order valence-corrected chi connectivity index (χ3v) is 2.92. The van der Waals surface area contributed by atoms with E-state index in [2.05, 4.69) is 10.4 Å². The summed E-state index contributed by atoms with van der Waals surface area (Å²) in [6.07, 6.45) is 0.824. The van der Waals surface area contributed by atoms with Crippen LogP contribution in [0.3, 0.4) is 0 Å². The molecule has 0 saturated carbocycles. The zero-order valence-electron chi connectivity index (χ0n) is 11.6. The molecule has 102 valence electrons. The first-order valence-electron chi connectivity index (χ1n) is 6.47. The summed E-state index contributed by atoms with van der Waals surface area (Å²) in [6.45, 7) is 4.68. The quantitative estimate of drug-likeness (QED) is 0.867. The summed E-state index contributed by atoms with van der Waals surface area (Å²) >= 11 is 0. The Kier molecular flexibility index (Phi) is 3.94. The molecule has 0 atom stereocenters. The van der Waals surface area contributed by atoms with Gasteiger partial charge in [-0.25, -0.2) is 0 Å². The number of aromatic nitrogens is 2. The second kappa shape index (κ2) is 5.65. The monoisotopic (exact) mass is 260 g/mol. The van der Waals surface area contributed by atoms with Gasteiger partial charge in [-0.1, -0.05) is 6.92 Å². The van der Waals surface area contributed by atoms with Gasteiger partial charge in [-0.3, -0.25) is 4.68 Å². The lowest BCUT2D eigenvalue weighted by Crippen LogP contribution is -2.01. The van der Waals surface area contributed by atoms with E-state index in [1.54, 1.807) is 4.68 Å². The third kappa shape index (κ3) is 2.81. The van der Waals surface area contributed by atoms with E-state index in [-0.39, 0.29) is 0 Å². The Morgan fingerprint density at radius 1 is 1.26 bits per heavy atom. The van der Waals surface area contributed by atoms with E-state index >= 15 is 0 Å². The lowest BCUT2D eigenvalue weighted by molar-refractivity contribution is 0.340. The molecule has 0 aliphatic carbocycles. The molecule has 5 nitrogen and oxygen atoms in total. The van der Waals surface area contributed by atoms with Gasteiger partial charge in [-0.15, -0.1) is 0 Å². The Labute approximate surface area is 113 Å².